The normalized spacial score (nSPS) is 14.8. The molecule has 1 aromatic rings. The van der Waals surface area contributed by atoms with Crippen molar-refractivity contribution in [1.82, 2.24) is 10.6 Å². The molecule has 20 heavy (non-hydrogen) atoms. The molecule has 0 saturated heterocycles. The summed E-state index contributed by atoms with van der Waals surface area (Å²) >= 11 is 3.41. The third-order valence-corrected chi connectivity index (χ3v) is 4.04. The number of halogens is 1. The first-order valence-electron chi connectivity index (χ1n) is 7.21. The predicted molar refractivity (Wildman–Crippen MR) is 85.5 cm³/mol. The number of urea groups is 1. The minimum atomic E-state index is -0.111. The van der Waals surface area contributed by atoms with Gasteiger partial charge in [-0.15, -0.1) is 0 Å². The van der Waals surface area contributed by atoms with Gasteiger partial charge in [-0.1, -0.05) is 40.1 Å². The SMILES string of the molecule is O=C(NC=C1CCCCC1)NCCc1ccc(Br)cc1. The summed E-state index contributed by atoms with van der Waals surface area (Å²) in [5.74, 6) is 0. The van der Waals surface area contributed by atoms with Crippen molar-refractivity contribution in [3.05, 3.63) is 46.1 Å². The van der Waals surface area contributed by atoms with Crippen molar-refractivity contribution < 1.29 is 4.79 Å². The first-order valence-corrected chi connectivity index (χ1v) is 8.00. The molecule has 2 N–H and O–H groups in total. The number of amides is 2. The molecule has 0 radical (unpaired) electrons. The van der Waals surface area contributed by atoms with Crippen LogP contribution in [0.1, 0.15) is 37.7 Å². The molecule has 0 atom stereocenters. The average Bonchev–Trinajstić information content (AvgIpc) is 2.48. The van der Waals surface area contributed by atoms with Crippen LogP contribution < -0.4 is 10.6 Å². The molecule has 1 fully saturated rings. The Bertz CT molecular complexity index is 460. The Morgan fingerprint density at radius 1 is 1.15 bits per heavy atom. The maximum atomic E-state index is 11.7. The number of benzene rings is 1. The maximum absolute atomic E-state index is 11.7. The summed E-state index contributed by atoms with van der Waals surface area (Å²) in [7, 11) is 0. The van der Waals surface area contributed by atoms with E-state index in [4.69, 9.17) is 0 Å². The fourth-order valence-electron chi connectivity index (χ4n) is 2.34. The molecule has 2 rings (SSSR count). The number of rotatable bonds is 4. The Hall–Kier alpha value is -1.29. The van der Waals surface area contributed by atoms with Crippen molar-refractivity contribution in [2.24, 2.45) is 0 Å². The summed E-state index contributed by atoms with van der Waals surface area (Å²) in [6, 6.07) is 8.05. The van der Waals surface area contributed by atoms with Crippen LogP contribution in [-0.4, -0.2) is 12.6 Å². The summed E-state index contributed by atoms with van der Waals surface area (Å²) in [6.45, 7) is 0.649. The zero-order valence-corrected chi connectivity index (χ0v) is 13.2. The molecule has 4 heteroatoms. The van der Waals surface area contributed by atoms with Gasteiger partial charge in [0.25, 0.3) is 0 Å². The number of carbonyl (C=O) groups excluding carboxylic acids is 1. The summed E-state index contributed by atoms with van der Waals surface area (Å²) in [5.41, 5.74) is 2.58. The Morgan fingerprint density at radius 2 is 1.85 bits per heavy atom. The molecule has 1 saturated carbocycles. The molecule has 2 amide bonds. The predicted octanol–water partition coefficient (Wildman–Crippen LogP) is 4.14. The first-order chi connectivity index (χ1) is 9.74. The topological polar surface area (TPSA) is 41.1 Å². The van der Waals surface area contributed by atoms with E-state index in [1.54, 1.807) is 0 Å². The second-order valence-corrected chi connectivity index (χ2v) is 6.06. The zero-order chi connectivity index (χ0) is 14.2. The van der Waals surface area contributed by atoms with Gasteiger partial charge in [-0.2, -0.15) is 0 Å². The van der Waals surface area contributed by atoms with Crippen LogP contribution in [0.4, 0.5) is 4.79 Å². The molecule has 0 aromatic heterocycles. The van der Waals surface area contributed by atoms with E-state index in [1.807, 2.05) is 18.3 Å². The van der Waals surface area contributed by atoms with Crippen molar-refractivity contribution in [2.75, 3.05) is 6.54 Å². The smallest absolute Gasteiger partial charge is 0.318 e. The van der Waals surface area contributed by atoms with Crippen molar-refractivity contribution >= 4 is 22.0 Å². The Morgan fingerprint density at radius 3 is 2.55 bits per heavy atom. The van der Waals surface area contributed by atoms with Gasteiger partial charge in [0.1, 0.15) is 0 Å². The van der Waals surface area contributed by atoms with E-state index in [0.29, 0.717) is 6.54 Å². The van der Waals surface area contributed by atoms with E-state index in [9.17, 15) is 4.79 Å². The molecule has 3 nitrogen and oxygen atoms in total. The lowest BCUT2D eigenvalue weighted by molar-refractivity contribution is 0.244. The standard InChI is InChI=1S/C16H21BrN2O/c17-15-8-6-13(7-9-15)10-11-18-16(20)19-12-14-4-2-1-3-5-14/h6-9,12H,1-5,10-11H2,(H2,18,19,20). The van der Waals surface area contributed by atoms with Gasteiger partial charge in [-0.25, -0.2) is 4.79 Å². The summed E-state index contributed by atoms with van der Waals surface area (Å²) in [4.78, 5) is 11.7. The number of hydrogen-bond acceptors (Lipinski definition) is 1. The van der Waals surface area contributed by atoms with E-state index >= 15 is 0 Å². The second kappa shape index (κ2) is 8.10. The fourth-order valence-corrected chi connectivity index (χ4v) is 2.60. The van der Waals surface area contributed by atoms with Crippen molar-refractivity contribution in [3.8, 4) is 0 Å². The summed E-state index contributed by atoms with van der Waals surface area (Å²) in [6.07, 6.45) is 8.79. The zero-order valence-electron chi connectivity index (χ0n) is 11.6. The van der Waals surface area contributed by atoms with Crippen molar-refractivity contribution in [2.45, 2.75) is 38.5 Å². The van der Waals surface area contributed by atoms with Crippen LogP contribution in [0, 0.1) is 0 Å². The van der Waals surface area contributed by atoms with Gasteiger partial charge in [-0.3, -0.25) is 0 Å². The third kappa shape index (κ3) is 5.37. The minimum Gasteiger partial charge on any atom is -0.338 e. The molecule has 0 bridgehead atoms. The van der Waals surface area contributed by atoms with Gasteiger partial charge in [0, 0.05) is 17.2 Å². The molecular weight excluding hydrogens is 316 g/mol. The van der Waals surface area contributed by atoms with E-state index in [2.05, 4.69) is 38.7 Å². The van der Waals surface area contributed by atoms with Gasteiger partial charge < -0.3 is 10.6 Å². The van der Waals surface area contributed by atoms with E-state index in [-0.39, 0.29) is 6.03 Å². The Balaban J connectivity index is 1.66. The van der Waals surface area contributed by atoms with Crippen LogP contribution in [0.15, 0.2) is 40.5 Å². The highest BCUT2D eigenvalue weighted by Crippen LogP contribution is 2.21. The Kier molecular flexibility index (Phi) is 6.12. The summed E-state index contributed by atoms with van der Waals surface area (Å²) < 4.78 is 1.08. The molecule has 1 aliphatic carbocycles. The monoisotopic (exact) mass is 336 g/mol. The van der Waals surface area contributed by atoms with Crippen LogP contribution in [-0.2, 0) is 6.42 Å². The van der Waals surface area contributed by atoms with E-state index < -0.39 is 0 Å². The third-order valence-electron chi connectivity index (χ3n) is 3.52. The number of carbonyl (C=O) groups is 1. The molecule has 0 unspecified atom stereocenters. The van der Waals surface area contributed by atoms with Gasteiger partial charge in [0.2, 0.25) is 0 Å². The molecule has 1 aromatic carbocycles. The van der Waals surface area contributed by atoms with Crippen LogP contribution in [0.2, 0.25) is 0 Å². The van der Waals surface area contributed by atoms with E-state index in [0.717, 1.165) is 23.7 Å². The van der Waals surface area contributed by atoms with Crippen LogP contribution in [0.5, 0.6) is 0 Å². The van der Waals surface area contributed by atoms with Crippen LogP contribution in [0.25, 0.3) is 0 Å². The largest absolute Gasteiger partial charge is 0.338 e. The fraction of sp³-hybridized carbons (Fsp3) is 0.438. The second-order valence-electron chi connectivity index (χ2n) is 5.14. The highest BCUT2D eigenvalue weighted by atomic mass is 79.9. The lowest BCUT2D eigenvalue weighted by Crippen LogP contribution is -2.33. The van der Waals surface area contributed by atoms with Crippen LogP contribution in [0.3, 0.4) is 0 Å². The number of nitrogens with one attached hydrogen (secondary N) is 2. The molecule has 0 aliphatic heterocycles. The van der Waals surface area contributed by atoms with Crippen molar-refractivity contribution in [3.63, 3.8) is 0 Å². The lowest BCUT2D eigenvalue weighted by Gasteiger charge is -2.13. The summed E-state index contributed by atoms with van der Waals surface area (Å²) in [5, 5.41) is 5.71. The molecule has 108 valence electrons. The quantitative estimate of drug-likeness (QED) is 0.852. The highest BCUT2D eigenvalue weighted by molar-refractivity contribution is 9.10. The lowest BCUT2D eigenvalue weighted by atomic mass is 9.96. The Labute approximate surface area is 129 Å². The van der Waals surface area contributed by atoms with Gasteiger partial charge >= 0.3 is 6.03 Å². The highest BCUT2D eigenvalue weighted by Gasteiger charge is 2.05. The minimum absolute atomic E-state index is 0.111. The average molecular weight is 337 g/mol. The molecule has 1 aliphatic rings. The van der Waals surface area contributed by atoms with E-state index in [1.165, 1.54) is 30.4 Å². The van der Waals surface area contributed by atoms with Crippen molar-refractivity contribution in [1.29, 1.82) is 0 Å². The maximum Gasteiger partial charge on any atom is 0.318 e. The molecular formula is C16H21BrN2O. The van der Waals surface area contributed by atoms with Crippen LogP contribution >= 0.6 is 15.9 Å². The molecule has 0 heterocycles. The number of hydrogen-bond donors (Lipinski definition) is 2. The van der Waals surface area contributed by atoms with Gasteiger partial charge in [-0.05, 0) is 49.8 Å². The van der Waals surface area contributed by atoms with Gasteiger partial charge in [0.15, 0.2) is 0 Å². The first kappa shape index (κ1) is 15.1. The molecule has 0 spiro atoms. The van der Waals surface area contributed by atoms with Gasteiger partial charge in [0.05, 0.1) is 0 Å². The number of allylic oxidation sites excluding steroid dienone is 1.